The van der Waals surface area contributed by atoms with Crippen molar-refractivity contribution in [3.63, 3.8) is 0 Å². The molecule has 1 aromatic rings. The van der Waals surface area contributed by atoms with Gasteiger partial charge in [-0.25, -0.2) is 4.99 Å². The Morgan fingerprint density at radius 2 is 2.08 bits per heavy atom. The fraction of sp³-hybridized carbons (Fsp3) is 0.833. The molecule has 2 N–H and O–H groups in total. The second kappa shape index (κ2) is 9.17. The van der Waals surface area contributed by atoms with Crippen LogP contribution in [0.15, 0.2) is 9.52 Å². The van der Waals surface area contributed by atoms with Gasteiger partial charge in [0, 0.05) is 19.2 Å². The third kappa shape index (κ3) is 6.30. The number of nitrogens with zero attached hydrogens (tertiary/aromatic N) is 3. The maximum Gasteiger partial charge on any atom is 0.248 e. The SMILES string of the molecule is CCNC(=NCc1nc(C(C)OCC)no1)NC1CCC(C)(C)CC1. The first-order chi connectivity index (χ1) is 11.9. The molecular formula is C18H33N5O2. The lowest BCUT2D eigenvalue weighted by Gasteiger charge is -2.35. The summed E-state index contributed by atoms with van der Waals surface area (Å²) in [7, 11) is 0. The van der Waals surface area contributed by atoms with E-state index in [9.17, 15) is 0 Å². The van der Waals surface area contributed by atoms with Crippen LogP contribution in [-0.2, 0) is 11.3 Å². The first-order valence-electron chi connectivity index (χ1n) is 9.42. The van der Waals surface area contributed by atoms with Crippen LogP contribution in [0.5, 0.6) is 0 Å². The van der Waals surface area contributed by atoms with Crippen molar-refractivity contribution < 1.29 is 9.26 Å². The average molecular weight is 351 g/mol. The van der Waals surface area contributed by atoms with Gasteiger partial charge in [0.15, 0.2) is 11.8 Å². The monoisotopic (exact) mass is 351 g/mol. The zero-order chi connectivity index (χ0) is 18.3. The summed E-state index contributed by atoms with van der Waals surface area (Å²) in [5.74, 6) is 1.88. The summed E-state index contributed by atoms with van der Waals surface area (Å²) in [5, 5.41) is 10.8. The minimum Gasteiger partial charge on any atom is -0.371 e. The number of hydrogen-bond donors (Lipinski definition) is 2. The molecule has 1 saturated carbocycles. The molecule has 1 fully saturated rings. The smallest absolute Gasteiger partial charge is 0.248 e. The lowest BCUT2D eigenvalue weighted by Crippen LogP contribution is -2.45. The summed E-state index contributed by atoms with van der Waals surface area (Å²) >= 11 is 0. The minimum atomic E-state index is -0.163. The Bertz CT molecular complexity index is 545. The molecule has 2 rings (SSSR count). The molecule has 1 aromatic heterocycles. The van der Waals surface area contributed by atoms with E-state index in [4.69, 9.17) is 9.26 Å². The molecule has 0 saturated heterocycles. The molecule has 0 aliphatic heterocycles. The summed E-state index contributed by atoms with van der Waals surface area (Å²) in [6.07, 6.45) is 4.67. The van der Waals surface area contributed by atoms with Crippen molar-refractivity contribution in [2.45, 2.75) is 79.0 Å². The number of rotatable bonds is 7. The van der Waals surface area contributed by atoms with Crippen LogP contribution in [0.4, 0.5) is 0 Å². The predicted octanol–water partition coefficient (Wildman–Crippen LogP) is 3.19. The molecule has 25 heavy (non-hydrogen) atoms. The molecule has 0 spiro atoms. The van der Waals surface area contributed by atoms with E-state index < -0.39 is 0 Å². The van der Waals surface area contributed by atoms with Gasteiger partial charge in [0.2, 0.25) is 5.89 Å². The van der Waals surface area contributed by atoms with Crippen molar-refractivity contribution in [2.75, 3.05) is 13.2 Å². The molecule has 0 radical (unpaired) electrons. The number of aliphatic imine (C=N–C) groups is 1. The summed E-state index contributed by atoms with van der Waals surface area (Å²) in [5.41, 5.74) is 0.463. The number of aromatic nitrogens is 2. The van der Waals surface area contributed by atoms with E-state index in [1.54, 1.807) is 0 Å². The Labute approximate surface area is 151 Å². The van der Waals surface area contributed by atoms with E-state index in [1.807, 2.05) is 13.8 Å². The van der Waals surface area contributed by atoms with Gasteiger partial charge in [-0.3, -0.25) is 0 Å². The Morgan fingerprint density at radius 3 is 2.72 bits per heavy atom. The van der Waals surface area contributed by atoms with E-state index in [1.165, 1.54) is 25.7 Å². The van der Waals surface area contributed by atoms with Crippen LogP contribution in [0.25, 0.3) is 0 Å². The fourth-order valence-electron chi connectivity index (χ4n) is 3.03. The molecule has 0 aromatic carbocycles. The van der Waals surface area contributed by atoms with Crippen LogP contribution in [0.2, 0.25) is 0 Å². The van der Waals surface area contributed by atoms with Crippen molar-refractivity contribution in [3.8, 4) is 0 Å². The van der Waals surface area contributed by atoms with E-state index in [0.29, 0.717) is 36.3 Å². The third-order valence-electron chi connectivity index (χ3n) is 4.66. The van der Waals surface area contributed by atoms with E-state index >= 15 is 0 Å². The van der Waals surface area contributed by atoms with Crippen LogP contribution < -0.4 is 10.6 Å². The van der Waals surface area contributed by atoms with Gasteiger partial charge in [-0.15, -0.1) is 0 Å². The van der Waals surface area contributed by atoms with Crippen molar-refractivity contribution in [1.82, 2.24) is 20.8 Å². The zero-order valence-corrected chi connectivity index (χ0v) is 16.3. The molecule has 1 aliphatic carbocycles. The second-order valence-corrected chi connectivity index (χ2v) is 7.42. The first kappa shape index (κ1) is 19.7. The van der Waals surface area contributed by atoms with Gasteiger partial charge < -0.3 is 19.9 Å². The molecule has 0 amide bonds. The van der Waals surface area contributed by atoms with Gasteiger partial charge in [0.25, 0.3) is 0 Å². The Kier molecular flexibility index (Phi) is 7.23. The normalized spacial score (nSPS) is 19.6. The topological polar surface area (TPSA) is 84.6 Å². The van der Waals surface area contributed by atoms with Crippen LogP contribution in [0.3, 0.4) is 0 Å². The molecule has 1 atom stereocenters. The van der Waals surface area contributed by atoms with Crippen molar-refractivity contribution in [3.05, 3.63) is 11.7 Å². The Balaban J connectivity index is 1.91. The van der Waals surface area contributed by atoms with Gasteiger partial charge in [-0.2, -0.15) is 4.98 Å². The lowest BCUT2D eigenvalue weighted by molar-refractivity contribution is 0.0683. The molecular weight excluding hydrogens is 318 g/mol. The summed E-state index contributed by atoms with van der Waals surface area (Å²) < 4.78 is 10.8. The highest BCUT2D eigenvalue weighted by atomic mass is 16.5. The first-order valence-corrected chi connectivity index (χ1v) is 9.42. The fourth-order valence-corrected chi connectivity index (χ4v) is 3.03. The Morgan fingerprint density at radius 1 is 1.36 bits per heavy atom. The van der Waals surface area contributed by atoms with Crippen LogP contribution in [-0.4, -0.2) is 35.3 Å². The largest absolute Gasteiger partial charge is 0.371 e. The standard InChI is InChI=1S/C18H33N5O2/c1-6-19-17(21-14-8-10-18(4,5)11-9-14)20-12-15-22-16(23-25-15)13(3)24-7-2/h13-14H,6-12H2,1-5H3,(H2,19,20,21). The van der Waals surface area contributed by atoms with E-state index in [0.717, 1.165) is 12.5 Å². The Hall–Kier alpha value is -1.63. The summed E-state index contributed by atoms with van der Waals surface area (Å²) in [6, 6.07) is 0.474. The van der Waals surface area contributed by atoms with Crippen molar-refractivity contribution in [1.29, 1.82) is 0 Å². The minimum absolute atomic E-state index is 0.163. The molecule has 142 valence electrons. The summed E-state index contributed by atoms with van der Waals surface area (Å²) in [4.78, 5) is 8.95. The quantitative estimate of drug-likeness (QED) is 0.580. The van der Waals surface area contributed by atoms with Gasteiger partial charge in [0.05, 0.1) is 0 Å². The highest BCUT2D eigenvalue weighted by Crippen LogP contribution is 2.34. The predicted molar refractivity (Wildman–Crippen MR) is 98.3 cm³/mol. The number of hydrogen-bond acceptors (Lipinski definition) is 5. The molecule has 1 unspecified atom stereocenters. The van der Waals surface area contributed by atoms with Gasteiger partial charge >= 0.3 is 0 Å². The maximum atomic E-state index is 5.48. The van der Waals surface area contributed by atoms with Gasteiger partial charge in [-0.05, 0) is 51.9 Å². The van der Waals surface area contributed by atoms with Gasteiger partial charge in [-0.1, -0.05) is 19.0 Å². The third-order valence-corrected chi connectivity index (χ3v) is 4.66. The van der Waals surface area contributed by atoms with Crippen molar-refractivity contribution in [2.24, 2.45) is 10.4 Å². The second-order valence-electron chi connectivity index (χ2n) is 7.42. The maximum absolute atomic E-state index is 5.48. The average Bonchev–Trinajstić information content (AvgIpc) is 3.04. The van der Waals surface area contributed by atoms with E-state index in [2.05, 4.69) is 46.5 Å². The zero-order valence-electron chi connectivity index (χ0n) is 16.3. The van der Waals surface area contributed by atoms with Crippen LogP contribution in [0, 0.1) is 5.41 Å². The number of ether oxygens (including phenoxy) is 1. The molecule has 0 bridgehead atoms. The highest BCUT2D eigenvalue weighted by molar-refractivity contribution is 5.80. The highest BCUT2D eigenvalue weighted by Gasteiger charge is 2.27. The summed E-state index contributed by atoms with van der Waals surface area (Å²) in [6.45, 7) is 12.4. The number of guanidine groups is 1. The molecule has 1 heterocycles. The molecule has 1 aliphatic rings. The van der Waals surface area contributed by atoms with E-state index in [-0.39, 0.29) is 6.10 Å². The van der Waals surface area contributed by atoms with Crippen molar-refractivity contribution >= 4 is 5.96 Å². The van der Waals surface area contributed by atoms with Gasteiger partial charge in [0.1, 0.15) is 12.6 Å². The van der Waals surface area contributed by atoms with Crippen LogP contribution >= 0.6 is 0 Å². The molecule has 7 nitrogen and oxygen atoms in total. The van der Waals surface area contributed by atoms with Crippen LogP contribution in [0.1, 0.15) is 78.1 Å². The number of nitrogens with one attached hydrogen (secondary N) is 2. The molecule has 7 heteroatoms. The lowest BCUT2D eigenvalue weighted by atomic mass is 9.75.